The molecule has 0 saturated carbocycles. The molecular formula is C9H11N3O5S. The van der Waals surface area contributed by atoms with Crippen molar-refractivity contribution in [2.45, 2.75) is 4.90 Å². The molecule has 8 nitrogen and oxygen atoms in total. The van der Waals surface area contributed by atoms with Crippen molar-refractivity contribution < 1.29 is 18.4 Å². The first-order valence-corrected chi connectivity index (χ1v) is 6.13. The molecule has 0 unspecified atom stereocenters. The molecule has 9 heteroatoms. The van der Waals surface area contributed by atoms with Crippen LogP contribution in [0.25, 0.3) is 0 Å². The van der Waals surface area contributed by atoms with E-state index in [4.69, 9.17) is 0 Å². The van der Waals surface area contributed by atoms with Gasteiger partial charge in [-0.3, -0.25) is 10.1 Å². The van der Waals surface area contributed by atoms with Crippen molar-refractivity contribution in [2.75, 3.05) is 14.1 Å². The number of rotatable bonds is 4. The van der Waals surface area contributed by atoms with Crippen LogP contribution < -0.4 is 0 Å². The third-order valence-corrected chi connectivity index (χ3v) is 3.15. The molecule has 0 aliphatic heterocycles. The Morgan fingerprint density at radius 2 is 2.06 bits per heavy atom. The highest BCUT2D eigenvalue weighted by atomic mass is 32.2. The first-order chi connectivity index (χ1) is 8.25. The Balaban J connectivity index is 3.45. The zero-order valence-corrected chi connectivity index (χ0v) is 10.5. The number of benzene rings is 1. The number of phenols is 1. The van der Waals surface area contributed by atoms with Gasteiger partial charge in [-0.25, -0.2) is 0 Å². The van der Waals surface area contributed by atoms with Crippen molar-refractivity contribution in [1.29, 1.82) is 0 Å². The van der Waals surface area contributed by atoms with E-state index in [1.807, 2.05) is 0 Å². The average molecular weight is 273 g/mol. The fraction of sp³-hybridized carbons (Fsp3) is 0.222. The van der Waals surface area contributed by atoms with E-state index >= 15 is 0 Å². The number of hydrogen-bond donors (Lipinski definition) is 1. The standard InChI is InChI=1S/C9H11N3O5S/c1-11(2)6-10-18(16,17)9-7(12(14)15)4-3-5-8(9)13/h3-6,13H,1-2H3/b10-6+. The zero-order chi connectivity index (χ0) is 13.9. The second-order valence-corrected chi connectivity index (χ2v) is 5.11. The van der Waals surface area contributed by atoms with Crippen LogP contribution in [0.4, 0.5) is 5.69 Å². The van der Waals surface area contributed by atoms with E-state index < -0.39 is 31.3 Å². The molecule has 0 fully saturated rings. The lowest BCUT2D eigenvalue weighted by atomic mass is 10.3. The van der Waals surface area contributed by atoms with Crippen molar-refractivity contribution in [3.63, 3.8) is 0 Å². The van der Waals surface area contributed by atoms with Gasteiger partial charge in [-0.2, -0.15) is 8.42 Å². The first kappa shape index (κ1) is 13.9. The van der Waals surface area contributed by atoms with Gasteiger partial charge in [-0.15, -0.1) is 4.40 Å². The molecule has 1 rings (SSSR count). The van der Waals surface area contributed by atoms with Gasteiger partial charge in [0.2, 0.25) is 4.90 Å². The molecule has 0 radical (unpaired) electrons. The van der Waals surface area contributed by atoms with Crippen LogP contribution in [0.15, 0.2) is 27.5 Å². The second-order valence-electron chi connectivity index (χ2n) is 3.54. The lowest BCUT2D eigenvalue weighted by Crippen LogP contribution is -2.11. The number of aromatic hydroxyl groups is 1. The van der Waals surface area contributed by atoms with Gasteiger partial charge in [0, 0.05) is 20.2 Å². The first-order valence-electron chi connectivity index (χ1n) is 4.69. The Labute approximate surface area is 103 Å². The highest BCUT2D eigenvalue weighted by molar-refractivity contribution is 7.90. The predicted molar refractivity (Wildman–Crippen MR) is 64.1 cm³/mol. The molecule has 0 aliphatic rings. The van der Waals surface area contributed by atoms with Crippen LogP contribution in [0.5, 0.6) is 5.75 Å². The van der Waals surface area contributed by atoms with Crippen molar-refractivity contribution in [3.05, 3.63) is 28.3 Å². The van der Waals surface area contributed by atoms with Gasteiger partial charge in [0.15, 0.2) is 0 Å². The highest BCUT2D eigenvalue weighted by Crippen LogP contribution is 2.32. The molecule has 0 saturated heterocycles. The summed E-state index contributed by atoms with van der Waals surface area (Å²) in [4.78, 5) is 10.4. The van der Waals surface area contributed by atoms with Gasteiger partial charge in [-0.05, 0) is 6.07 Å². The summed E-state index contributed by atoms with van der Waals surface area (Å²) < 4.78 is 26.8. The van der Waals surface area contributed by atoms with Crippen LogP contribution in [-0.4, -0.2) is 43.8 Å². The van der Waals surface area contributed by atoms with E-state index in [1.165, 1.54) is 25.1 Å². The minimum absolute atomic E-state index is 0.708. The molecule has 0 bridgehead atoms. The lowest BCUT2D eigenvalue weighted by molar-refractivity contribution is -0.387. The van der Waals surface area contributed by atoms with E-state index in [-0.39, 0.29) is 0 Å². The molecule has 0 aromatic heterocycles. The monoisotopic (exact) mass is 273 g/mol. The summed E-state index contributed by atoms with van der Waals surface area (Å²) in [6.45, 7) is 0. The Kier molecular flexibility index (Phi) is 3.86. The Bertz CT molecular complexity index is 594. The molecule has 1 N–H and O–H groups in total. The Morgan fingerprint density at radius 1 is 1.44 bits per heavy atom. The van der Waals surface area contributed by atoms with Gasteiger partial charge in [0.1, 0.15) is 12.1 Å². The fourth-order valence-corrected chi connectivity index (χ4v) is 2.29. The lowest BCUT2D eigenvalue weighted by Gasteiger charge is -2.05. The minimum atomic E-state index is -4.33. The minimum Gasteiger partial charge on any atom is -0.506 e. The van der Waals surface area contributed by atoms with E-state index in [0.717, 1.165) is 18.5 Å². The third-order valence-electron chi connectivity index (χ3n) is 1.84. The van der Waals surface area contributed by atoms with Gasteiger partial charge >= 0.3 is 0 Å². The van der Waals surface area contributed by atoms with Crippen LogP contribution in [0.1, 0.15) is 0 Å². The summed E-state index contributed by atoms with van der Waals surface area (Å²) in [5, 5.41) is 20.2. The van der Waals surface area contributed by atoms with E-state index in [1.54, 1.807) is 0 Å². The third kappa shape index (κ3) is 2.94. The number of nitrogens with zero attached hydrogens (tertiary/aromatic N) is 3. The van der Waals surface area contributed by atoms with Crippen LogP contribution in [0, 0.1) is 10.1 Å². The van der Waals surface area contributed by atoms with Crippen molar-refractivity contribution in [3.8, 4) is 5.75 Å². The molecule has 1 aromatic rings. The maximum absolute atomic E-state index is 11.8. The van der Waals surface area contributed by atoms with Crippen LogP contribution in [-0.2, 0) is 10.0 Å². The van der Waals surface area contributed by atoms with Crippen LogP contribution >= 0.6 is 0 Å². The molecule has 0 atom stereocenters. The molecule has 0 aliphatic carbocycles. The quantitative estimate of drug-likeness (QED) is 0.371. The SMILES string of the molecule is CN(C)/C=N/S(=O)(=O)c1c(O)cccc1[N+](=O)[O-]. The van der Waals surface area contributed by atoms with Gasteiger partial charge in [0.05, 0.1) is 4.92 Å². The van der Waals surface area contributed by atoms with Crippen molar-refractivity contribution >= 4 is 22.0 Å². The van der Waals surface area contributed by atoms with E-state index in [9.17, 15) is 23.6 Å². The van der Waals surface area contributed by atoms with E-state index in [0.29, 0.717) is 0 Å². The predicted octanol–water partition coefficient (Wildman–Crippen LogP) is 0.579. The maximum Gasteiger partial charge on any atom is 0.294 e. The molecule has 0 amide bonds. The topological polar surface area (TPSA) is 113 Å². The number of phenolic OH excluding ortho intramolecular Hbond substituents is 1. The highest BCUT2D eigenvalue weighted by Gasteiger charge is 2.28. The summed E-state index contributed by atoms with van der Waals surface area (Å²) >= 11 is 0. The summed E-state index contributed by atoms with van der Waals surface area (Å²) in [5.41, 5.74) is -0.717. The largest absolute Gasteiger partial charge is 0.506 e. The number of nitro benzene ring substituents is 1. The van der Waals surface area contributed by atoms with Crippen molar-refractivity contribution in [2.24, 2.45) is 4.40 Å². The van der Waals surface area contributed by atoms with Crippen LogP contribution in [0.2, 0.25) is 0 Å². The Hall–Kier alpha value is -2.16. The number of hydrogen-bond acceptors (Lipinski definition) is 5. The second kappa shape index (κ2) is 5.00. The van der Waals surface area contributed by atoms with Gasteiger partial charge in [-0.1, -0.05) is 6.07 Å². The summed E-state index contributed by atoms with van der Waals surface area (Å²) in [6, 6.07) is 3.21. The van der Waals surface area contributed by atoms with Crippen LogP contribution in [0.3, 0.4) is 0 Å². The average Bonchev–Trinajstić information content (AvgIpc) is 2.25. The summed E-state index contributed by atoms with van der Waals surface area (Å²) in [5.74, 6) is -0.708. The zero-order valence-electron chi connectivity index (χ0n) is 9.64. The fourth-order valence-electron chi connectivity index (χ4n) is 1.13. The molecule has 0 spiro atoms. The molecule has 1 aromatic carbocycles. The Morgan fingerprint density at radius 3 is 2.56 bits per heavy atom. The summed E-state index contributed by atoms with van der Waals surface area (Å²) in [7, 11) is -1.25. The number of sulfonamides is 1. The molecule has 18 heavy (non-hydrogen) atoms. The molecule has 0 heterocycles. The normalized spacial score (nSPS) is 11.7. The van der Waals surface area contributed by atoms with E-state index in [2.05, 4.69) is 4.40 Å². The smallest absolute Gasteiger partial charge is 0.294 e. The molecule has 98 valence electrons. The number of nitro groups is 1. The maximum atomic E-state index is 11.8. The summed E-state index contributed by atoms with van der Waals surface area (Å²) in [6.07, 6.45) is 0.978. The van der Waals surface area contributed by atoms with Crippen molar-refractivity contribution in [1.82, 2.24) is 4.90 Å². The van der Waals surface area contributed by atoms with Gasteiger partial charge < -0.3 is 10.0 Å². The molecular weight excluding hydrogens is 262 g/mol. The van der Waals surface area contributed by atoms with Gasteiger partial charge in [0.25, 0.3) is 15.7 Å².